The van der Waals surface area contributed by atoms with Crippen LogP contribution in [0.4, 0.5) is 0 Å². The Morgan fingerprint density at radius 2 is 1.74 bits per heavy atom. The van der Waals surface area contributed by atoms with Crippen molar-refractivity contribution in [1.29, 1.82) is 0 Å². The molecule has 0 radical (unpaired) electrons. The molecule has 1 fully saturated rings. The summed E-state index contributed by atoms with van der Waals surface area (Å²) in [7, 11) is 0. The van der Waals surface area contributed by atoms with E-state index in [0.29, 0.717) is 31.1 Å². The average molecular weight is 269 g/mol. The number of hydrogen-bond donors (Lipinski definition) is 2. The summed E-state index contributed by atoms with van der Waals surface area (Å²) >= 11 is 0. The lowest BCUT2D eigenvalue weighted by molar-refractivity contribution is -0.149. The number of hydrogen-bond acceptors (Lipinski definition) is 2. The van der Waals surface area contributed by atoms with Crippen molar-refractivity contribution in [3.8, 4) is 0 Å². The molecular formula is C15H27NO3. The summed E-state index contributed by atoms with van der Waals surface area (Å²) in [5.74, 6) is -0.130. The van der Waals surface area contributed by atoms with E-state index in [1.54, 1.807) is 0 Å². The maximum absolute atomic E-state index is 12.0. The van der Waals surface area contributed by atoms with Crippen LogP contribution in [0.1, 0.15) is 65.7 Å². The van der Waals surface area contributed by atoms with Crippen molar-refractivity contribution in [3.63, 3.8) is 0 Å². The highest BCUT2D eigenvalue weighted by Gasteiger charge is 2.40. The Hall–Kier alpha value is -1.06. The number of carbonyl (C=O) groups excluding carboxylic acids is 1. The van der Waals surface area contributed by atoms with E-state index in [2.05, 4.69) is 19.2 Å². The smallest absolute Gasteiger partial charge is 0.329 e. The molecule has 4 nitrogen and oxygen atoms in total. The Morgan fingerprint density at radius 3 is 2.21 bits per heavy atom. The fourth-order valence-corrected chi connectivity index (χ4v) is 3.07. The van der Waals surface area contributed by atoms with E-state index in [1.807, 2.05) is 6.92 Å². The van der Waals surface area contributed by atoms with Gasteiger partial charge in [0.2, 0.25) is 5.91 Å². The summed E-state index contributed by atoms with van der Waals surface area (Å²) in [5, 5.41) is 12.2. The minimum absolute atomic E-state index is 0.113. The van der Waals surface area contributed by atoms with E-state index in [4.69, 9.17) is 0 Å². The third kappa shape index (κ3) is 4.84. The fraction of sp³-hybridized carbons (Fsp3) is 0.867. The maximum atomic E-state index is 12.0. The Balaban J connectivity index is 2.55. The molecule has 19 heavy (non-hydrogen) atoms. The van der Waals surface area contributed by atoms with Crippen LogP contribution in [0.2, 0.25) is 0 Å². The molecule has 1 rings (SSSR count). The largest absolute Gasteiger partial charge is 0.480 e. The van der Waals surface area contributed by atoms with Crippen LogP contribution in [0.3, 0.4) is 0 Å². The number of aliphatic carboxylic acids is 1. The number of carboxylic acids is 1. The zero-order chi connectivity index (χ0) is 14.5. The molecule has 0 saturated heterocycles. The zero-order valence-corrected chi connectivity index (χ0v) is 12.4. The second-order valence-electron chi connectivity index (χ2n) is 6.43. The zero-order valence-electron chi connectivity index (χ0n) is 12.4. The fourth-order valence-electron chi connectivity index (χ4n) is 3.07. The van der Waals surface area contributed by atoms with Gasteiger partial charge in [-0.2, -0.15) is 0 Å². The monoisotopic (exact) mass is 269 g/mol. The molecule has 0 bridgehead atoms. The van der Waals surface area contributed by atoms with Crippen LogP contribution in [0, 0.1) is 11.8 Å². The molecule has 0 aromatic rings. The molecular weight excluding hydrogens is 242 g/mol. The second-order valence-corrected chi connectivity index (χ2v) is 6.43. The summed E-state index contributed by atoms with van der Waals surface area (Å²) in [5.41, 5.74) is -1.01. The maximum Gasteiger partial charge on any atom is 0.329 e. The van der Waals surface area contributed by atoms with Gasteiger partial charge in [0.25, 0.3) is 0 Å². The lowest BCUT2D eigenvalue weighted by Crippen LogP contribution is -2.55. The van der Waals surface area contributed by atoms with Crippen LogP contribution in [0.5, 0.6) is 0 Å². The van der Waals surface area contributed by atoms with Gasteiger partial charge in [-0.15, -0.1) is 0 Å². The molecule has 4 heteroatoms. The molecule has 0 spiro atoms. The van der Waals surface area contributed by atoms with Gasteiger partial charge >= 0.3 is 5.97 Å². The van der Waals surface area contributed by atoms with E-state index in [0.717, 1.165) is 25.7 Å². The lowest BCUT2D eigenvalue weighted by Gasteiger charge is -2.34. The molecule has 1 saturated carbocycles. The molecule has 1 aliphatic rings. The highest BCUT2D eigenvalue weighted by atomic mass is 16.4. The van der Waals surface area contributed by atoms with Crippen molar-refractivity contribution in [1.82, 2.24) is 5.32 Å². The molecule has 110 valence electrons. The predicted octanol–water partition coefficient (Wildman–Crippen LogP) is 2.96. The molecule has 1 aliphatic carbocycles. The van der Waals surface area contributed by atoms with E-state index in [-0.39, 0.29) is 5.91 Å². The summed E-state index contributed by atoms with van der Waals surface area (Å²) in [6.45, 7) is 6.32. The average Bonchev–Trinajstić information content (AvgIpc) is 2.28. The van der Waals surface area contributed by atoms with E-state index < -0.39 is 11.5 Å². The van der Waals surface area contributed by atoms with E-state index in [9.17, 15) is 14.7 Å². The van der Waals surface area contributed by atoms with E-state index in [1.165, 1.54) is 0 Å². The normalized spacial score (nSPS) is 20.0. The van der Waals surface area contributed by atoms with Crippen LogP contribution in [-0.2, 0) is 9.59 Å². The minimum atomic E-state index is -1.01. The summed E-state index contributed by atoms with van der Waals surface area (Å²) in [6, 6.07) is 0. The van der Waals surface area contributed by atoms with Gasteiger partial charge in [-0.05, 0) is 31.1 Å². The molecule has 0 aromatic heterocycles. The van der Waals surface area contributed by atoms with Crippen molar-refractivity contribution in [2.75, 3.05) is 0 Å². The van der Waals surface area contributed by atoms with Gasteiger partial charge in [-0.3, -0.25) is 4.79 Å². The molecule has 1 unspecified atom stereocenters. The molecule has 0 aliphatic heterocycles. The van der Waals surface area contributed by atoms with Gasteiger partial charge in [-0.25, -0.2) is 4.79 Å². The molecule has 2 N–H and O–H groups in total. The van der Waals surface area contributed by atoms with Gasteiger partial charge in [0, 0.05) is 6.42 Å². The number of rotatable bonds is 6. The third-order valence-corrected chi connectivity index (χ3v) is 3.90. The first-order valence-electron chi connectivity index (χ1n) is 7.40. The van der Waals surface area contributed by atoms with Gasteiger partial charge in [0.15, 0.2) is 0 Å². The van der Waals surface area contributed by atoms with Crippen molar-refractivity contribution in [2.45, 2.75) is 71.3 Å². The van der Waals surface area contributed by atoms with Crippen LogP contribution < -0.4 is 5.32 Å². The first-order valence-corrected chi connectivity index (χ1v) is 7.40. The lowest BCUT2D eigenvalue weighted by atomic mass is 9.81. The van der Waals surface area contributed by atoms with Gasteiger partial charge < -0.3 is 10.4 Å². The molecule has 1 atom stereocenters. The van der Waals surface area contributed by atoms with Crippen LogP contribution in [-0.4, -0.2) is 22.5 Å². The highest BCUT2D eigenvalue weighted by Crippen LogP contribution is 2.29. The Kier molecular flexibility index (Phi) is 5.83. The van der Waals surface area contributed by atoms with Crippen LogP contribution in [0.15, 0.2) is 0 Å². The Bertz CT molecular complexity index is 319. The first-order chi connectivity index (χ1) is 8.85. The SMILES string of the molecule is CC(C)CC(C)CC(=O)NC1(C(=O)O)CCCCC1. The Morgan fingerprint density at radius 1 is 1.16 bits per heavy atom. The topological polar surface area (TPSA) is 66.4 Å². The second kappa shape index (κ2) is 6.92. The van der Waals surface area contributed by atoms with Gasteiger partial charge in [-0.1, -0.05) is 40.0 Å². The summed E-state index contributed by atoms with van der Waals surface area (Å²) < 4.78 is 0. The van der Waals surface area contributed by atoms with Crippen molar-refractivity contribution in [2.24, 2.45) is 11.8 Å². The van der Waals surface area contributed by atoms with Crippen LogP contribution in [0.25, 0.3) is 0 Å². The quantitative estimate of drug-likeness (QED) is 0.779. The highest BCUT2D eigenvalue weighted by molar-refractivity contribution is 5.87. The molecule has 1 amide bonds. The minimum Gasteiger partial charge on any atom is -0.480 e. The van der Waals surface area contributed by atoms with E-state index >= 15 is 0 Å². The van der Waals surface area contributed by atoms with Crippen LogP contribution >= 0.6 is 0 Å². The van der Waals surface area contributed by atoms with Crippen molar-refractivity contribution < 1.29 is 14.7 Å². The number of carboxylic acid groups (broad SMARTS) is 1. The number of amides is 1. The van der Waals surface area contributed by atoms with Gasteiger partial charge in [0.1, 0.15) is 5.54 Å². The van der Waals surface area contributed by atoms with Crippen molar-refractivity contribution >= 4 is 11.9 Å². The standard InChI is InChI=1S/C15H27NO3/c1-11(2)9-12(3)10-13(17)16-15(14(18)19)7-5-4-6-8-15/h11-12H,4-10H2,1-3H3,(H,16,17)(H,18,19). The molecule has 0 aromatic carbocycles. The van der Waals surface area contributed by atoms with Gasteiger partial charge in [0.05, 0.1) is 0 Å². The molecule has 0 heterocycles. The summed E-state index contributed by atoms with van der Waals surface area (Å²) in [4.78, 5) is 23.5. The van der Waals surface area contributed by atoms with Crippen molar-refractivity contribution in [3.05, 3.63) is 0 Å². The Labute approximate surface area is 116 Å². The third-order valence-electron chi connectivity index (χ3n) is 3.90. The first kappa shape index (κ1) is 16.0. The summed E-state index contributed by atoms with van der Waals surface area (Å²) in [6.07, 6.45) is 5.37. The number of carbonyl (C=O) groups is 2. The predicted molar refractivity (Wildman–Crippen MR) is 74.8 cm³/mol. The number of nitrogens with one attached hydrogen (secondary N) is 1.